The molecule has 0 amide bonds. The van der Waals surface area contributed by atoms with Gasteiger partial charge >= 0.3 is 0 Å². The highest BCUT2D eigenvalue weighted by Gasteiger charge is 1.80. The fraction of sp³-hybridized carbons (Fsp3) is 0.700. The third-order valence-electron chi connectivity index (χ3n) is 1.42. The Bertz CT molecular complexity index is 113. The quantitative estimate of drug-likeness (QED) is 0.339. The number of carbonyl (C=O) groups is 1. The standard InChI is InChI=1S/C9H17Br.CH2O2/c1-2-3-4-5-6-7-8-9-10;2-1-3/h6-7H,2-5,8-9H2,1H3;1H,(H,2,3)/b7-6-;. The van der Waals surface area contributed by atoms with Crippen LogP contribution in [0, 0.1) is 0 Å². The van der Waals surface area contributed by atoms with Crippen molar-refractivity contribution in [2.45, 2.75) is 39.0 Å². The molecule has 0 heterocycles. The van der Waals surface area contributed by atoms with Crippen molar-refractivity contribution in [2.75, 3.05) is 5.33 Å². The van der Waals surface area contributed by atoms with Gasteiger partial charge in [-0.2, -0.15) is 0 Å². The van der Waals surface area contributed by atoms with Gasteiger partial charge in [0.15, 0.2) is 0 Å². The molecule has 0 fully saturated rings. The summed E-state index contributed by atoms with van der Waals surface area (Å²) in [6.45, 7) is 1.99. The van der Waals surface area contributed by atoms with E-state index in [-0.39, 0.29) is 6.47 Å². The van der Waals surface area contributed by atoms with Gasteiger partial charge in [0.05, 0.1) is 0 Å². The third-order valence-corrected chi connectivity index (χ3v) is 1.87. The van der Waals surface area contributed by atoms with Crippen LogP contribution in [0.4, 0.5) is 0 Å². The van der Waals surface area contributed by atoms with E-state index in [1.807, 2.05) is 0 Å². The van der Waals surface area contributed by atoms with Crippen molar-refractivity contribution >= 4 is 22.4 Å². The van der Waals surface area contributed by atoms with Crippen molar-refractivity contribution in [2.24, 2.45) is 0 Å². The second-order valence-electron chi connectivity index (χ2n) is 2.55. The first-order valence-electron chi connectivity index (χ1n) is 4.62. The molecule has 0 spiro atoms. The Balaban J connectivity index is 0. The molecular weight excluding hydrogens is 232 g/mol. The highest BCUT2D eigenvalue weighted by molar-refractivity contribution is 9.09. The van der Waals surface area contributed by atoms with E-state index >= 15 is 0 Å². The molecule has 0 aromatic carbocycles. The summed E-state index contributed by atoms with van der Waals surface area (Å²) in [4.78, 5) is 8.36. The molecule has 0 atom stereocenters. The van der Waals surface area contributed by atoms with E-state index in [4.69, 9.17) is 9.90 Å². The maximum Gasteiger partial charge on any atom is 0.290 e. The number of rotatable bonds is 6. The summed E-state index contributed by atoms with van der Waals surface area (Å²) in [6.07, 6.45) is 11.0. The minimum Gasteiger partial charge on any atom is -0.483 e. The molecule has 0 radical (unpaired) electrons. The highest BCUT2D eigenvalue weighted by atomic mass is 79.9. The Hall–Kier alpha value is -0.310. The Morgan fingerprint density at radius 2 is 1.77 bits per heavy atom. The molecule has 0 saturated heterocycles. The van der Waals surface area contributed by atoms with Crippen LogP contribution in [0.5, 0.6) is 0 Å². The molecule has 0 aromatic rings. The second-order valence-corrected chi connectivity index (χ2v) is 3.34. The van der Waals surface area contributed by atoms with Gasteiger partial charge in [-0.1, -0.05) is 47.8 Å². The lowest BCUT2D eigenvalue weighted by atomic mass is 10.2. The molecule has 0 unspecified atom stereocenters. The fourth-order valence-corrected chi connectivity index (χ4v) is 1.08. The predicted octanol–water partition coefficient (Wildman–Crippen LogP) is 3.61. The lowest BCUT2D eigenvalue weighted by Gasteiger charge is -1.90. The second kappa shape index (κ2) is 17.7. The Morgan fingerprint density at radius 3 is 2.23 bits per heavy atom. The minimum absolute atomic E-state index is 0.250. The molecule has 13 heavy (non-hydrogen) atoms. The molecule has 0 aliphatic rings. The summed E-state index contributed by atoms with van der Waals surface area (Å²) in [7, 11) is 0. The molecule has 0 bridgehead atoms. The molecule has 0 aliphatic heterocycles. The largest absolute Gasteiger partial charge is 0.483 e. The van der Waals surface area contributed by atoms with Crippen LogP contribution in [0.2, 0.25) is 0 Å². The van der Waals surface area contributed by atoms with Crippen LogP contribution in [0.25, 0.3) is 0 Å². The summed E-state index contributed by atoms with van der Waals surface area (Å²) < 4.78 is 0. The summed E-state index contributed by atoms with van der Waals surface area (Å²) in [5.41, 5.74) is 0. The van der Waals surface area contributed by atoms with Gasteiger partial charge in [-0.15, -0.1) is 0 Å². The third kappa shape index (κ3) is 24.5. The van der Waals surface area contributed by atoms with Crippen molar-refractivity contribution < 1.29 is 9.90 Å². The Labute approximate surface area is 89.2 Å². The van der Waals surface area contributed by atoms with Crippen molar-refractivity contribution in [3.05, 3.63) is 12.2 Å². The van der Waals surface area contributed by atoms with Gasteiger partial charge in [-0.3, -0.25) is 4.79 Å². The summed E-state index contributed by atoms with van der Waals surface area (Å²) in [6, 6.07) is 0. The van der Waals surface area contributed by atoms with Crippen molar-refractivity contribution in [1.29, 1.82) is 0 Å². The zero-order valence-electron chi connectivity index (χ0n) is 8.21. The van der Waals surface area contributed by atoms with Gasteiger partial charge in [0.1, 0.15) is 0 Å². The number of hydrogen-bond donors (Lipinski definition) is 1. The van der Waals surface area contributed by atoms with Gasteiger partial charge in [0.2, 0.25) is 0 Å². The molecule has 78 valence electrons. The van der Waals surface area contributed by atoms with Crippen LogP contribution in [-0.4, -0.2) is 16.9 Å². The number of halogens is 1. The van der Waals surface area contributed by atoms with Gasteiger partial charge in [-0.05, 0) is 19.3 Å². The summed E-state index contributed by atoms with van der Waals surface area (Å²) >= 11 is 3.38. The SMILES string of the molecule is CCCCC/C=C\CCBr.O=CO. The van der Waals surface area contributed by atoms with E-state index in [1.54, 1.807) is 0 Å². The van der Waals surface area contributed by atoms with Crippen LogP contribution in [0.1, 0.15) is 39.0 Å². The fourth-order valence-electron chi connectivity index (χ4n) is 0.811. The zero-order valence-corrected chi connectivity index (χ0v) is 9.79. The van der Waals surface area contributed by atoms with Gasteiger partial charge < -0.3 is 5.11 Å². The number of unbranched alkanes of at least 4 members (excludes halogenated alkanes) is 3. The Kier molecular flexibility index (Phi) is 20.7. The predicted molar refractivity (Wildman–Crippen MR) is 60.4 cm³/mol. The summed E-state index contributed by atoms with van der Waals surface area (Å²) in [5, 5.41) is 7.98. The van der Waals surface area contributed by atoms with Crippen LogP contribution >= 0.6 is 15.9 Å². The smallest absolute Gasteiger partial charge is 0.290 e. The molecule has 2 nitrogen and oxygen atoms in total. The first kappa shape index (κ1) is 15.2. The lowest BCUT2D eigenvalue weighted by molar-refractivity contribution is -0.122. The molecule has 0 rings (SSSR count). The van der Waals surface area contributed by atoms with Crippen molar-refractivity contribution in [3.63, 3.8) is 0 Å². The normalized spacial score (nSPS) is 9.38. The van der Waals surface area contributed by atoms with Crippen LogP contribution in [-0.2, 0) is 4.79 Å². The van der Waals surface area contributed by atoms with E-state index in [0.29, 0.717) is 0 Å². The maximum absolute atomic E-state index is 8.36. The van der Waals surface area contributed by atoms with Crippen molar-refractivity contribution in [3.8, 4) is 0 Å². The molecule has 1 N–H and O–H groups in total. The van der Waals surface area contributed by atoms with E-state index in [2.05, 4.69) is 35.0 Å². The van der Waals surface area contributed by atoms with Crippen LogP contribution < -0.4 is 0 Å². The van der Waals surface area contributed by atoms with E-state index in [0.717, 1.165) is 5.33 Å². The number of allylic oxidation sites excluding steroid dienone is 2. The van der Waals surface area contributed by atoms with Crippen LogP contribution in [0.15, 0.2) is 12.2 Å². The molecule has 0 aromatic heterocycles. The zero-order chi connectivity index (χ0) is 10.4. The monoisotopic (exact) mass is 250 g/mol. The topological polar surface area (TPSA) is 37.3 Å². The highest BCUT2D eigenvalue weighted by Crippen LogP contribution is 2.00. The first-order valence-corrected chi connectivity index (χ1v) is 5.74. The van der Waals surface area contributed by atoms with Crippen molar-refractivity contribution in [1.82, 2.24) is 0 Å². The van der Waals surface area contributed by atoms with Gasteiger partial charge in [0.25, 0.3) is 6.47 Å². The average molecular weight is 251 g/mol. The molecule has 0 aliphatic carbocycles. The molecule has 0 saturated carbocycles. The summed E-state index contributed by atoms with van der Waals surface area (Å²) in [5.74, 6) is 0. The number of alkyl halides is 1. The van der Waals surface area contributed by atoms with Gasteiger partial charge in [-0.25, -0.2) is 0 Å². The molecular formula is C10H19BrO2. The van der Waals surface area contributed by atoms with Gasteiger partial charge in [0, 0.05) is 5.33 Å². The minimum atomic E-state index is -0.250. The average Bonchev–Trinajstić information content (AvgIpc) is 2.13. The number of carboxylic acid groups (broad SMARTS) is 1. The van der Waals surface area contributed by atoms with E-state index in [1.165, 1.54) is 32.1 Å². The molecule has 3 heteroatoms. The first-order chi connectivity index (χ1) is 6.33. The Morgan fingerprint density at radius 1 is 1.23 bits per heavy atom. The van der Waals surface area contributed by atoms with Crippen LogP contribution in [0.3, 0.4) is 0 Å². The number of hydrogen-bond acceptors (Lipinski definition) is 1. The maximum atomic E-state index is 8.36. The lowest BCUT2D eigenvalue weighted by Crippen LogP contribution is -1.71. The van der Waals surface area contributed by atoms with E-state index < -0.39 is 0 Å². The van der Waals surface area contributed by atoms with E-state index in [9.17, 15) is 0 Å².